The van der Waals surface area contributed by atoms with Gasteiger partial charge in [-0.15, -0.1) is 0 Å². The minimum absolute atomic E-state index is 0.00262. The number of hydrogen-bond donors (Lipinski definition) is 1. The third-order valence-electron chi connectivity index (χ3n) is 4.93. The fourth-order valence-corrected chi connectivity index (χ4v) is 3.29. The minimum Gasteiger partial charge on any atom is -0.497 e. The summed E-state index contributed by atoms with van der Waals surface area (Å²) in [5.74, 6) is 2.28. The Kier molecular flexibility index (Phi) is 5.64. The van der Waals surface area contributed by atoms with Crippen LogP contribution in [0, 0.1) is 5.92 Å². The lowest BCUT2D eigenvalue weighted by Gasteiger charge is -2.31. The van der Waals surface area contributed by atoms with E-state index in [2.05, 4.69) is 30.3 Å². The van der Waals surface area contributed by atoms with Gasteiger partial charge in [-0.1, -0.05) is 5.16 Å². The summed E-state index contributed by atoms with van der Waals surface area (Å²) in [5, 5.41) is 6.88. The van der Waals surface area contributed by atoms with Crippen molar-refractivity contribution in [1.29, 1.82) is 0 Å². The van der Waals surface area contributed by atoms with Gasteiger partial charge >= 0.3 is 0 Å². The second-order valence-electron chi connectivity index (χ2n) is 6.77. The number of nitrogens with one attached hydrogen (secondary N) is 1. The number of carbonyl (C=O) groups excluding carboxylic acids is 1. The zero-order valence-corrected chi connectivity index (χ0v) is 16.1. The number of amides is 1. The molecule has 150 valence electrons. The molecule has 3 aromatic rings. The molecule has 0 saturated carbocycles. The normalized spacial score (nSPS) is 14.6. The maximum Gasteiger partial charge on any atom is 0.246 e. The Bertz CT molecular complexity index is 936. The number of aromatic nitrogens is 4. The average Bonchev–Trinajstić information content (AvgIpc) is 3.27. The Morgan fingerprint density at radius 1 is 1.21 bits per heavy atom. The van der Waals surface area contributed by atoms with Crippen LogP contribution in [0.2, 0.25) is 0 Å². The maximum atomic E-state index is 12.5. The van der Waals surface area contributed by atoms with E-state index in [0.717, 1.165) is 37.2 Å². The highest BCUT2D eigenvalue weighted by Gasteiger charge is 2.26. The van der Waals surface area contributed by atoms with E-state index >= 15 is 0 Å². The molecule has 9 nitrogen and oxygen atoms in total. The average molecular weight is 394 g/mol. The fourth-order valence-electron chi connectivity index (χ4n) is 3.29. The number of nitrogens with zero attached hydrogens (tertiary/aromatic N) is 5. The van der Waals surface area contributed by atoms with Gasteiger partial charge in [0.1, 0.15) is 5.75 Å². The lowest BCUT2D eigenvalue weighted by atomic mass is 9.96. The predicted octanol–water partition coefficient (Wildman–Crippen LogP) is 2.07. The van der Waals surface area contributed by atoms with E-state index in [4.69, 9.17) is 9.26 Å². The number of hydrogen-bond acceptors (Lipinski definition) is 8. The third kappa shape index (κ3) is 4.50. The molecule has 0 bridgehead atoms. The molecule has 1 aromatic carbocycles. The van der Waals surface area contributed by atoms with Gasteiger partial charge in [0.05, 0.1) is 13.7 Å². The van der Waals surface area contributed by atoms with Crippen molar-refractivity contribution in [2.75, 3.05) is 25.1 Å². The number of piperidine rings is 1. The summed E-state index contributed by atoms with van der Waals surface area (Å²) >= 11 is 0. The van der Waals surface area contributed by atoms with Gasteiger partial charge in [-0.2, -0.15) is 4.98 Å². The second kappa shape index (κ2) is 8.68. The number of ether oxygens (including phenoxy) is 1. The van der Waals surface area contributed by atoms with Crippen molar-refractivity contribution in [3.05, 3.63) is 48.6 Å². The van der Waals surface area contributed by atoms with Crippen molar-refractivity contribution >= 4 is 11.9 Å². The van der Waals surface area contributed by atoms with Crippen LogP contribution in [-0.4, -0.2) is 46.2 Å². The highest BCUT2D eigenvalue weighted by Crippen LogP contribution is 2.21. The van der Waals surface area contributed by atoms with Crippen LogP contribution in [0.3, 0.4) is 0 Å². The molecule has 1 aliphatic heterocycles. The fraction of sp³-hybridized carbons (Fsp3) is 0.350. The first-order valence-electron chi connectivity index (χ1n) is 9.49. The van der Waals surface area contributed by atoms with Crippen molar-refractivity contribution < 1.29 is 14.1 Å². The van der Waals surface area contributed by atoms with E-state index in [-0.39, 0.29) is 18.4 Å². The number of rotatable bonds is 6. The summed E-state index contributed by atoms with van der Waals surface area (Å²) in [5.41, 5.74) is 0.822. The molecular weight excluding hydrogens is 372 g/mol. The molecule has 1 amide bonds. The molecule has 1 saturated heterocycles. The molecule has 0 spiro atoms. The van der Waals surface area contributed by atoms with Gasteiger partial charge in [-0.3, -0.25) is 4.79 Å². The number of anilines is 1. The summed E-state index contributed by atoms with van der Waals surface area (Å²) in [4.78, 5) is 27.5. The van der Waals surface area contributed by atoms with Crippen molar-refractivity contribution in [2.24, 2.45) is 5.92 Å². The third-order valence-corrected chi connectivity index (χ3v) is 4.93. The standard InChI is InChI=1S/C20H22N6O3/c1-28-16-5-3-14(4-6-16)18-24-17(29-25-18)13-23-19(27)15-7-11-26(12-8-15)20-21-9-2-10-22-20/h2-6,9-10,15H,7-8,11-13H2,1H3,(H,23,27). The molecule has 29 heavy (non-hydrogen) atoms. The summed E-state index contributed by atoms with van der Waals surface area (Å²) in [6, 6.07) is 9.17. The predicted molar refractivity (Wildman–Crippen MR) is 105 cm³/mol. The molecule has 1 aliphatic rings. The van der Waals surface area contributed by atoms with E-state index in [1.165, 1.54) is 0 Å². The van der Waals surface area contributed by atoms with E-state index in [0.29, 0.717) is 17.7 Å². The Labute approximate surface area is 168 Å². The van der Waals surface area contributed by atoms with E-state index < -0.39 is 0 Å². The zero-order valence-electron chi connectivity index (χ0n) is 16.1. The molecule has 0 radical (unpaired) electrons. The van der Waals surface area contributed by atoms with E-state index in [1.54, 1.807) is 25.6 Å². The smallest absolute Gasteiger partial charge is 0.246 e. The van der Waals surface area contributed by atoms with E-state index in [1.807, 2.05) is 24.3 Å². The number of benzene rings is 1. The number of methoxy groups -OCH3 is 1. The van der Waals surface area contributed by atoms with Crippen molar-refractivity contribution in [3.63, 3.8) is 0 Å². The maximum absolute atomic E-state index is 12.5. The van der Waals surface area contributed by atoms with Gasteiger partial charge in [-0.25, -0.2) is 9.97 Å². The monoisotopic (exact) mass is 394 g/mol. The molecule has 0 atom stereocenters. The van der Waals surface area contributed by atoms with Crippen molar-refractivity contribution in [2.45, 2.75) is 19.4 Å². The van der Waals surface area contributed by atoms with Gasteiger partial charge in [0.15, 0.2) is 0 Å². The van der Waals surface area contributed by atoms with Crippen LogP contribution >= 0.6 is 0 Å². The molecule has 9 heteroatoms. The van der Waals surface area contributed by atoms with Crippen LogP contribution < -0.4 is 15.0 Å². The first-order valence-corrected chi connectivity index (χ1v) is 9.49. The van der Waals surface area contributed by atoms with Gasteiger partial charge in [-0.05, 0) is 43.2 Å². The largest absolute Gasteiger partial charge is 0.497 e. The van der Waals surface area contributed by atoms with Crippen LogP contribution in [0.15, 0.2) is 47.2 Å². The Morgan fingerprint density at radius 3 is 2.62 bits per heavy atom. The first kappa shape index (κ1) is 18.9. The Balaban J connectivity index is 1.27. The topological polar surface area (TPSA) is 106 Å². The van der Waals surface area contributed by atoms with Gasteiger partial charge in [0.2, 0.25) is 23.6 Å². The minimum atomic E-state index is -0.0426. The molecule has 0 aliphatic carbocycles. The highest BCUT2D eigenvalue weighted by atomic mass is 16.5. The summed E-state index contributed by atoms with van der Waals surface area (Å²) in [6.07, 6.45) is 4.97. The lowest BCUT2D eigenvalue weighted by molar-refractivity contribution is -0.125. The molecule has 1 fully saturated rings. The van der Waals surface area contributed by atoms with Crippen LogP contribution in [-0.2, 0) is 11.3 Å². The highest BCUT2D eigenvalue weighted by molar-refractivity contribution is 5.78. The van der Waals surface area contributed by atoms with Crippen LogP contribution in [0.5, 0.6) is 5.75 Å². The first-order chi connectivity index (χ1) is 14.2. The van der Waals surface area contributed by atoms with Crippen LogP contribution in [0.4, 0.5) is 5.95 Å². The summed E-state index contributed by atoms with van der Waals surface area (Å²) < 4.78 is 10.4. The lowest BCUT2D eigenvalue weighted by Crippen LogP contribution is -2.41. The molecule has 0 unspecified atom stereocenters. The molecule has 1 N–H and O–H groups in total. The summed E-state index contributed by atoms with van der Waals surface area (Å²) in [7, 11) is 1.61. The molecular formula is C20H22N6O3. The van der Waals surface area contributed by atoms with Gasteiger partial charge < -0.3 is 19.5 Å². The van der Waals surface area contributed by atoms with Crippen LogP contribution in [0.25, 0.3) is 11.4 Å². The van der Waals surface area contributed by atoms with Gasteiger partial charge in [0, 0.05) is 37.0 Å². The Hall–Kier alpha value is -3.49. The summed E-state index contributed by atoms with van der Waals surface area (Å²) in [6.45, 7) is 1.72. The van der Waals surface area contributed by atoms with Gasteiger partial charge in [0.25, 0.3) is 0 Å². The molecule has 3 heterocycles. The quantitative estimate of drug-likeness (QED) is 0.677. The zero-order chi connectivity index (χ0) is 20.1. The SMILES string of the molecule is COc1ccc(-c2noc(CNC(=O)C3CCN(c4ncccn4)CC3)n2)cc1. The van der Waals surface area contributed by atoms with Crippen molar-refractivity contribution in [3.8, 4) is 17.1 Å². The Morgan fingerprint density at radius 2 is 1.93 bits per heavy atom. The van der Waals surface area contributed by atoms with Crippen LogP contribution in [0.1, 0.15) is 18.7 Å². The second-order valence-corrected chi connectivity index (χ2v) is 6.77. The van der Waals surface area contributed by atoms with E-state index in [9.17, 15) is 4.79 Å². The van der Waals surface area contributed by atoms with Crippen molar-refractivity contribution in [1.82, 2.24) is 25.4 Å². The molecule has 4 rings (SSSR count). The number of carbonyl (C=O) groups is 1. The molecule has 2 aromatic heterocycles.